The van der Waals surface area contributed by atoms with E-state index in [2.05, 4.69) is 10.1 Å². The zero-order valence-electron chi connectivity index (χ0n) is 6.22. The summed E-state index contributed by atoms with van der Waals surface area (Å²) in [6.07, 6.45) is 1.15. The number of rotatable bonds is 1. The largest absolute Gasteiger partial charge is 0.418 e. The van der Waals surface area contributed by atoms with E-state index in [1.807, 2.05) is 0 Å². The van der Waals surface area contributed by atoms with Crippen LogP contribution in [0.4, 0.5) is 0 Å². The molecule has 0 aliphatic rings. The van der Waals surface area contributed by atoms with Gasteiger partial charge < -0.3 is 15.3 Å². The van der Waals surface area contributed by atoms with Crippen LogP contribution in [0.3, 0.4) is 0 Å². The van der Waals surface area contributed by atoms with Crippen LogP contribution in [0.1, 0.15) is 5.56 Å². The fraction of sp³-hybridized carbons (Fsp3) is 0. The number of oxime groups is 1. The summed E-state index contributed by atoms with van der Waals surface area (Å²) in [6.45, 7) is 0. The van der Waals surface area contributed by atoms with Crippen molar-refractivity contribution in [2.45, 2.75) is 0 Å². The quantitative estimate of drug-likeness (QED) is 0.184. The molecule has 1 heterocycles. The molecule has 0 aliphatic carbocycles. The number of aromatic nitrogens is 1. The number of amidine groups is 1. The Bertz CT molecular complexity index is 349. The molecule has 1 N–H and O–H groups in total. The van der Waals surface area contributed by atoms with Crippen LogP contribution in [0.15, 0.2) is 23.5 Å². The van der Waals surface area contributed by atoms with Crippen molar-refractivity contribution in [1.82, 2.24) is 4.98 Å². The maximum Gasteiger partial charge on any atom is 0.418 e. The summed E-state index contributed by atoms with van der Waals surface area (Å²) in [5, 5.41) is 21.3. The van der Waals surface area contributed by atoms with Crippen LogP contribution in [-0.2, 0) is 0 Å². The molecular weight excluding hydrogens is 198 g/mol. The Kier molecular flexibility index (Phi) is 2.76. The maximum absolute atomic E-state index is 10.3. The van der Waals surface area contributed by atoms with Crippen molar-refractivity contribution in [2.75, 3.05) is 0 Å². The van der Waals surface area contributed by atoms with E-state index >= 15 is 0 Å². The van der Waals surface area contributed by atoms with Gasteiger partial charge in [-0.2, -0.15) is 0 Å². The summed E-state index contributed by atoms with van der Waals surface area (Å²) in [5.41, 5.74) is 0.0944. The van der Waals surface area contributed by atoms with Gasteiger partial charge in [0.2, 0.25) is 0 Å². The number of pyridine rings is 1. The van der Waals surface area contributed by atoms with Gasteiger partial charge in [-0.3, -0.25) is 0 Å². The lowest BCUT2D eigenvalue weighted by atomic mass is 10.3. The lowest BCUT2D eigenvalue weighted by Gasteiger charge is -1.95. The lowest BCUT2D eigenvalue weighted by Crippen LogP contribution is -2.13. The first-order chi connectivity index (χ1) is 6.15. The molecule has 68 valence electrons. The minimum absolute atomic E-state index is 0.0944. The first-order valence-electron chi connectivity index (χ1n) is 3.13. The minimum Gasteiger partial charge on any atom is -0.358 e. The highest BCUT2D eigenvalue weighted by molar-refractivity contribution is 6.29. The minimum atomic E-state index is -0.815. The molecule has 0 radical (unpaired) electrons. The Balaban J connectivity index is 3.07. The Hall–Kier alpha value is -1.69. The van der Waals surface area contributed by atoms with Gasteiger partial charge in [-0.05, 0) is 17.1 Å². The Morgan fingerprint density at radius 1 is 1.69 bits per heavy atom. The van der Waals surface area contributed by atoms with E-state index in [-0.39, 0.29) is 10.7 Å². The van der Waals surface area contributed by atoms with Gasteiger partial charge in [0.1, 0.15) is 5.15 Å². The molecule has 0 aromatic carbocycles. The topological polar surface area (TPSA) is 88.6 Å². The fourth-order valence-corrected chi connectivity index (χ4v) is 0.820. The van der Waals surface area contributed by atoms with Crippen LogP contribution < -0.4 is 0 Å². The molecule has 1 aromatic heterocycles. The third-order valence-electron chi connectivity index (χ3n) is 1.25. The Morgan fingerprint density at radius 3 is 2.77 bits per heavy atom. The van der Waals surface area contributed by atoms with E-state index in [4.69, 9.17) is 16.8 Å². The summed E-state index contributed by atoms with van der Waals surface area (Å²) in [4.78, 5) is 13.1. The van der Waals surface area contributed by atoms with Crippen LogP contribution in [0.5, 0.6) is 0 Å². The normalized spacial score (nSPS) is 11.3. The monoisotopic (exact) mass is 201 g/mol. The molecule has 0 atom stereocenters. The Labute approximate surface area is 77.6 Å². The summed E-state index contributed by atoms with van der Waals surface area (Å²) in [5.74, 6) is -0.663. The highest BCUT2D eigenvalue weighted by Crippen LogP contribution is 2.06. The first-order valence-corrected chi connectivity index (χ1v) is 3.51. The van der Waals surface area contributed by atoms with Gasteiger partial charge in [0.15, 0.2) is 5.16 Å². The molecule has 1 rings (SSSR count). The van der Waals surface area contributed by atoms with Crippen LogP contribution in [0.25, 0.3) is 0 Å². The second-order valence-corrected chi connectivity index (χ2v) is 2.44. The summed E-state index contributed by atoms with van der Waals surface area (Å²) < 4.78 is 0. The summed E-state index contributed by atoms with van der Waals surface area (Å²) >= 11 is 5.46. The van der Waals surface area contributed by atoms with Gasteiger partial charge in [0.25, 0.3) is 0 Å². The molecule has 0 amide bonds. The zero-order valence-corrected chi connectivity index (χ0v) is 6.97. The average molecular weight is 202 g/mol. The van der Waals surface area contributed by atoms with E-state index in [9.17, 15) is 10.1 Å². The molecule has 7 heteroatoms. The van der Waals surface area contributed by atoms with Gasteiger partial charge in [0, 0.05) is 6.20 Å². The average Bonchev–Trinajstić information content (AvgIpc) is 2.09. The van der Waals surface area contributed by atoms with E-state index in [0.717, 1.165) is 6.20 Å². The van der Waals surface area contributed by atoms with Gasteiger partial charge in [-0.15, -0.1) is 0 Å². The molecular formula is C6H4ClN3O3. The smallest absolute Gasteiger partial charge is 0.358 e. The standard InChI is InChI=1S/C6H4ClN3O3/c7-5-2-1-4(3-8-5)6(9-11)10(12)13/h1-3,11H/b9-6-. The molecule has 0 bridgehead atoms. The van der Waals surface area contributed by atoms with Crippen molar-refractivity contribution in [3.8, 4) is 0 Å². The number of nitrogens with zero attached hydrogens (tertiary/aromatic N) is 3. The third kappa shape index (κ3) is 2.12. The summed E-state index contributed by atoms with van der Waals surface area (Å²) in [7, 11) is 0. The molecule has 0 spiro atoms. The van der Waals surface area contributed by atoms with Crippen LogP contribution in [0, 0.1) is 10.1 Å². The first kappa shape index (κ1) is 9.40. The predicted molar refractivity (Wildman–Crippen MR) is 44.6 cm³/mol. The second-order valence-electron chi connectivity index (χ2n) is 2.05. The lowest BCUT2D eigenvalue weighted by molar-refractivity contribution is -0.351. The van der Waals surface area contributed by atoms with Gasteiger partial charge in [-0.1, -0.05) is 11.6 Å². The van der Waals surface area contributed by atoms with Gasteiger partial charge >= 0.3 is 5.84 Å². The van der Waals surface area contributed by atoms with Gasteiger partial charge in [0.05, 0.1) is 5.56 Å². The second kappa shape index (κ2) is 3.81. The summed E-state index contributed by atoms with van der Waals surface area (Å²) in [6, 6.07) is 2.71. The molecule has 13 heavy (non-hydrogen) atoms. The van der Waals surface area contributed by atoms with E-state index in [0.29, 0.717) is 0 Å². The molecule has 0 saturated heterocycles. The SMILES string of the molecule is O=[N+]([O-])/C(=N\O)c1ccc(Cl)nc1. The highest BCUT2D eigenvalue weighted by atomic mass is 35.5. The van der Waals surface area contributed by atoms with Crippen LogP contribution in [0.2, 0.25) is 5.15 Å². The molecule has 0 unspecified atom stereocenters. The van der Waals surface area contributed by atoms with Crippen molar-refractivity contribution in [1.29, 1.82) is 0 Å². The fourth-order valence-electron chi connectivity index (χ4n) is 0.708. The van der Waals surface area contributed by atoms with E-state index < -0.39 is 10.8 Å². The number of halogens is 1. The van der Waals surface area contributed by atoms with Crippen LogP contribution in [-0.4, -0.2) is 21.0 Å². The molecule has 1 aromatic rings. The van der Waals surface area contributed by atoms with Crippen molar-refractivity contribution in [2.24, 2.45) is 5.16 Å². The third-order valence-corrected chi connectivity index (χ3v) is 1.48. The molecule has 0 fully saturated rings. The van der Waals surface area contributed by atoms with Gasteiger partial charge in [-0.25, -0.2) is 4.98 Å². The maximum atomic E-state index is 10.3. The zero-order chi connectivity index (χ0) is 9.84. The van der Waals surface area contributed by atoms with Crippen molar-refractivity contribution in [3.63, 3.8) is 0 Å². The number of hydrogen-bond donors (Lipinski definition) is 1. The van der Waals surface area contributed by atoms with Crippen molar-refractivity contribution in [3.05, 3.63) is 39.2 Å². The number of hydrogen-bond acceptors (Lipinski definition) is 5. The van der Waals surface area contributed by atoms with Crippen molar-refractivity contribution >= 4 is 17.4 Å². The van der Waals surface area contributed by atoms with E-state index in [1.165, 1.54) is 12.1 Å². The predicted octanol–water partition coefficient (Wildman–Crippen LogP) is 1.15. The number of nitro groups is 1. The molecule has 6 nitrogen and oxygen atoms in total. The van der Waals surface area contributed by atoms with E-state index in [1.54, 1.807) is 0 Å². The Morgan fingerprint density at radius 2 is 2.38 bits per heavy atom. The van der Waals surface area contributed by atoms with Crippen LogP contribution >= 0.6 is 11.6 Å². The molecule has 0 saturated carbocycles. The molecule has 0 aliphatic heterocycles. The van der Waals surface area contributed by atoms with Crippen molar-refractivity contribution < 1.29 is 10.1 Å². The highest BCUT2D eigenvalue weighted by Gasteiger charge is 2.16.